The van der Waals surface area contributed by atoms with Gasteiger partial charge in [0.15, 0.2) is 0 Å². The highest BCUT2D eigenvalue weighted by Gasteiger charge is 2.09. The summed E-state index contributed by atoms with van der Waals surface area (Å²) in [7, 11) is 0. The lowest BCUT2D eigenvalue weighted by Crippen LogP contribution is -2.26. The molecule has 0 fully saturated rings. The maximum Gasteiger partial charge on any atom is 0.251 e. The van der Waals surface area contributed by atoms with Crippen LogP contribution in [0.25, 0.3) is 0 Å². The van der Waals surface area contributed by atoms with E-state index in [1.807, 2.05) is 19.1 Å². The minimum Gasteiger partial charge on any atom is -0.467 e. The lowest BCUT2D eigenvalue weighted by Gasteiger charge is -2.09. The molecule has 2 aromatic rings. The molecule has 0 aliphatic carbocycles. The molecule has 2 rings (SSSR count). The molecule has 1 aromatic carbocycles. The van der Waals surface area contributed by atoms with Crippen LogP contribution in [0.4, 0.5) is 5.69 Å². The molecule has 0 aliphatic heterocycles. The Bertz CT molecular complexity index is 579. The second-order valence-electron chi connectivity index (χ2n) is 4.76. The molecule has 0 saturated heterocycles. The van der Waals surface area contributed by atoms with Gasteiger partial charge in [-0.3, -0.25) is 4.79 Å². The number of amides is 1. The number of hydrogen-bond donors (Lipinski definition) is 2. The molecule has 0 bridgehead atoms. The highest BCUT2D eigenvalue weighted by Crippen LogP contribution is 2.15. The molecular formula is C16H20N2O3. The van der Waals surface area contributed by atoms with Gasteiger partial charge < -0.3 is 20.2 Å². The van der Waals surface area contributed by atoms with Gasteiger partial charge in [-0.15, -0.1) is 0 Å². The molecule has 0 radical (unpaired) electrons. The van der Waals surface area contributed by atoms with Crippen molar-refractivity contribution in [1.29, 1.82) is 0 Å². The number of carbonyl (C=O) groups is 1. The molecule has 0 atom stereocenters. The summed E-state index contributed by atoms with van der Waals surface area (Å²) in [5.74, 6) is 0.695. The van der Waals surface area contributed by atoms with Crippen LogP contribution >= 0.6 is 0 Å². The fourth-order valence-corrected chi connectivity index (χ4v) is 1.94. The minimum atomic E-state index is -0.106. The molecule has 0 saturated carbocycles. The quantitative estimate of drug-likeness (QED) is 0.606. The summed E-state index contributed by atoms with van der Waals surface area (Å²) in [4.78, 5) is 12.0. The zero-order chi connectivity index (χ0) is 15.1. The Morgan fingerprint density at radius 2 is 2.19 bits per heavy atom. The van der Waals surface area contributed by atoms with E-state index in [9.17, 15) is 4.79 Å². The van der Waals surface area contributed by atoms with E-state index in [2.05, 4.69) is 5.32 Å². The molecule has 1 aromatic heterocycles. The fraction of sp³-hybridized carbons (Fsp3) is 0.312. The number of furan rings is 1. The summed E-state index contributed by atoms with van der Waals surface area (Å²) in [5.41, 5.74) is 7.85. The van der Waals surface area contributed by atoms with Crippen LogP contribution < -0.4 is 11.1 Å². The fourth-order valence-electron chi connectivity index (χ4n) is 1.94. The first-order valence-corrected chi connectivity index (χ1v) is 6.92. The van der Waals surface area contributed by atoms with E-state index < -0.39 is 0 Å². The van der Waals surface area contributed by atoms with Gasteiger partial charge in [-0.25, -0.2) is 0 Å². The normalized spacial score (nSPS) is 10.5. The van der Waals surface area contributed by atoms with Gasteiger partial charge in [-0.1, -0.05) is 6.07 Å². The molecule has 5 nitrogen and oxygen atoms in total. The SMILES string of the molecule is Cc1c(N)cccc1C(=O)NCCCOCc1ccco1. The van der Waals surface area contributed by atoms with Gasteiger partial charge in [0.25, 0.3) is 5.91 Å². The standard InChI is InChI=1S/C16H20N2O3/c1-12-14(6-2-7-15(12)17)16(19)18-8-4-9-20-11-13-5-3-10-21-13/h2-3,5-7,10H,4,8-9,11,17H2,1H3,(H,18,19). The van der Waals surface area contributed by atoms with Crippen molar-refractivity contribution in [3.8, 4) is 0 Å². The maximum atomic E-state index is 12.0. The Hall–Kier alpha value is -2.27. The first-order valence-electron chi connectivity index (χ1n) is 6.92. The van der Waals surface area contributed by atoms with E-state index >= 15 is 0 Å². The topological polar surface area (TPSA) is 77.5 Å². The third-order valence-electron chi connectivity index (χ3n) is 3.20. The zero-order valence-electron chi connectivity index (χ0n) is 12.1. The van der Waals surface area contributed by atoms with Crippen molar-refractivity contribution in [2.24, 2.45) is 0 Å². The number of ether oxygens (including phenoxy) is 1. The number of rotatable bonds is 7. The molecule has 21 heavy (non-hydrogen) atoms. The van der Waals surface area contributed by atoms with Crippen LogP contribution in [-0.4, -0.2) is 19.1 Å². The molecule has 3 N–H and O–H groups in total. The van der Waals surface area contributed by atoms with Gasteiger partial charge in [0.05, 0.1) is 6.26 Å². The summed E-state index contributed by atoms with van der Waals surface area (Å²) >= 11 is 0. The number of anilines is 1. The maximum absolute atomic E-state index is 12.0. The number of hydrogen-bond acceptors (Lipinski definition) is 4. The van der Waals surface area contributed by atoms with Gasteiger partial charge in [0.2, 0.25) is 0 Å². The van der Waals surface area contributed by atoms with Gasteiger partial charge in [-0.2, -0.15) is 0 Å². The predicted molar refractivity (Wildman–Crippen MR) is 80.9 cm³/mol. The molecule has 0 spiro atoms. The largest absolute Gasteiger partial charge is 0.467 e. The highest BCUT2D eigenvalue weighted by atomic mass is 16.5. The van der Waals surface area contributed by atoms with Crippen LogP contribution in [0.15, 0.2) is 41.0 Å². The van der Waals surface area contributed by atoms with Crippen molar-refractivity contribution in [3.05, 3.63) is 53.5 Å². The van der Waals surface area contributed by atoms with E-state index in [0.717, 1.165) is 17.7 Å². The van der Waals surface area contributed by atoms with Crippen LogP contribution in [0.5, 0.6) is 0 Å². The van der Waals surface area contributed by atoms with Gasteiger partial charge in [0, 0.05) is 24.4 Å². The Morgan fingerprint density at radius 3 is 2.95 bits per heavy atom. The van der Waals surface area contributed by atoms with E-state index in [0.29, 0.717) is 31.0 Å². The van der Waals surface area contributed by atoms with Crippen molar-refractivity contribution in [2.45, 2.75) is 20.0 Å². The number of nitrogens with one attached hydrogen (secondary N) is 1. The molecule has 5 heteroatoms. The van der Waals surface area contributed by atoms with E-state index in [1.165, 1.54) is 0 Å². The van der Waals surface area contributed by atoms with Crippen molar-refractivity contribution in [1.82, 2.24) is 5.32 Å². The zero-order valence-corrected chi connectivity index (χ0v) is 12.1. The molecule has 0 aliphatic rings. The van der Waals surface area contributed by atoms with Crippen molar-refractivity contribution >= 4 is 11.6 Å². The molecule has 1 heterocycles. The van der Waals surface area contributed by atoms with Gasteiger partial charge >= 0.3 is 0 Å². The second-order valence-corrected chi connectivity index (χ2v) is 4.76. The summed E-state index contributed by atoms with van der Waals surface area (Å²) in [6.07, 6.45) is 2.36. The monoisotopic (exact) mass is 288 g/mol. The lowest BCUT2D eigenvalue weighted by atomic mass is 10.1. The number of nitrogens with two attached hydrogens (primary N) is 1. The Kier molecular flexibility index (Phi) is 5.40. The molecule has 0 unspecified atom stereocenters. The highest BCUT2D eigenvalue weighted by molar-refractivity contribution is 5.96. The van der Waals surface area contributed by atoms with Crippen LogP contribution in [0.1, 0.15) is 28.1 Å². The second kappa shape index (κ2) is 7.50. The van der Waals surface area contributed by atoms with Crippen molar-refractivity contribution in [3.63, 3.8) is 0 Å². The Morgan fingerprint density at radius 1 is 1.33 bits per heavy atom. The van der Waals surface area contributed by atoms with Crippen LogP contribution in [0.3, 0.4) is 0 Å². The van der Waals surface area contributed by atoms with E-state index in [1.54, 1.807) is 24.5 Å². The average Bonchev–Trinajstić information content (AvgIpc) is 2.98. The van der Waals surface area contributed by atoms with Crippen LogP contribution in [0.2, 0.25) is 0 Å². The summed E-state index contributed by atoms with van der Waals surface area (Å²) in [5, 5.41) is 2.86. The molecular weight excluding hydrogens is 268 g/mol. The third kappa shape index (κ3) is 4.36. The van der Waals surface area contributed by atoms with Crippen LogP contribution in [0, 0.1) is 6.92 Å². The predicted octanol–water partition coefficient (Wildman–Crippen LogP) is 2.51. The van der Waals surface area contributed by atoms with Crippen LogP contribution in [-0.2, 0) is 11.3 Å². The molecule has 1 amide bonds. The van der Waals surface area contributed by atoms with Gasteiger partial charge in [0.1, 0.15) is 12.4 Å². The minimum absolute atomic E-state index is 0.106. The summed E-state index contributed by atoms with van der Waals surface area (Å²) < 4.78 is 10.6. The van der Waals surface area contributed by atoms with Crippen molar-refractivity contribution in [2.75, 3.05) is 18.9 Å². The van der Waals surface area contributed by atoms with Crippen molar-refractivity contribution < 1.29 is 13.9 Å². The summed E-state index contributed by atoms with van der Waals surface area (Å²) in [6.45, 7) is 3.42. The lowest BCUT2D eigenvalue weighted by molar-refractivity contribution is 0.0916. The van der Waals surface area contributed by atoms with E-state index in [-0.39, 0.29) is 5.91 Å². The first kappa shape index (κ1) is 15.1. The van der Waals surface area contributed by atoms with E-state index in [4.69, 9.17) is 14.9 Å². The Labute approximate surface area is 124 Å². The number of nitrogen functional groups attached to an aromatic ring is 1. The summed E-state index contributed by atoms with van der Waals surface area (Å²) in [6, 6.07) is 9.03. The first-order chi connectivity index (χ1) is 10.2. The van der Waals surface area contributed by atoms with Gasteiger partial charge in [-0.05, 0) is 43.2 Å². The number of benzene rings is 1. The average molecular weight is 288 g/mol. The number of carbonyl (C=O) groups excluding carboxylic acids is 1. The smallest absolute Gasteiger partial charge is 0.251 e. The third-order valence-corrected chi connectivity index (χ3v) is 3.20. The molecule has 112 valence electrons. The Balaban J connectivity index is 1.66.